The molecule has 90 valence electrons. The molecule has 5 heteroatoms. The maximum absolute atomic E-state index is 11.6. The molecule has 0 aliphatic carbocycles. The monoisotopic (exact) mass is 234 g/mol. The van der Waals surface area contributed by atoms with Crippen LogP contribution >= 0.6 is 0 Å². The Balaban J connectivity index is 2.19. The van der Waals surface area contributed by atoms with Gasteiger partial charge in [-0.05, 0) is 6.07 Å². The summed E-state index contributed by atoms with van der Waals surface area (Å²) in [4.78, 5) is 24.5. The Hall–Kier alpha value is -1.88. The van der Waals surface area contributed by atoms with Crippen LogP contribution in [0, 0.1) is 0 Å². The van der Waals surface area contributed by atoms with E-state index >= 15 is 0 Å². The number of nitrogens with one attached hydrogen (secondary N) is 1. The van der Waals surface area contributed by atoms with Crippen LogP contribution in [-0.2, 0) is 16.1 Å². The quantitative estimate of drug-likeness (QED) is 0.756. The molecule has 1 fully saturated rings. The van der Waals surface area contributed by atoms with Crippen LogP contribution in [0.3, 0.4) is 0 Å². The van der Waals surface area contributed by atoms with Crippen LogP contribution in [0.4, 0.5) is 0 Å². The molecule has 1 aliphatic heterocycles. The van der Waals surface area contributed by atoms with Crippen LogP contribution in [0.25, 0.3) is 0 Å². The molecule has 5 nitrogen and oxygen atoms in total. The first-order valence-corrected chi connectivity index (χ1v) is 5.38. The number of hydrogen-bond acceptors (Lipinski definition) is 4. The number of carbonyl (C=O) groups is 2. The lowest BCUT2D eigenvalue weighted by Crippen LogP contribution is -2.51. The van der Waals surface area contributed by atoms with Crippen molar-refractivity contribution in [2.24, 2.45) is 0 Å². The van der Waals surface area contributed by atoms with Crippen molar-refractivity contribution in [3.05, 3.63) is 29.8 Å². The third kappa shape index (κ3) is 2.45. The molecular weight excluding hydrogens is 220 g/mol. The van der Waals surface area contributed by atoms with Crippen LogP contribution in [0.5, 0.6) is 5.75 Å². The van der Waals surface area contributed by atoms with E-state index in [1.54, 1.807) is 7.11 Å². The van der Waals surface area contributed by atoms with E-state index in [0.29, 0.717) is 5.75 Å². The summed E-state index contributed by atoms with van der Waals surface area (Å²) in [6.07, 6.45) is 0. The molecule has 17 heavy (non-hydrogen) atoms. The SMILES string of the molecule is COc1ccccc1CN1C(=O)CNCC1=O. The maximum Gasteiger partial charge on any atom is 0.243 e. The summed E-state index contributed by atoms with van der Waals surface area (Å²) in [5, 5.41) is 2.76. The molecule has 0 unspecified atom stereocenters. The van der Waals surface area contributed by atoms with Crippen molar-refractivity contribution in [2.75, 3.05) is 20.2 Å². The second kappa shape index (κ2) is 4.97. The fraction of sp³-hybridized carbons (Fsp3) is 0.333. The van der Waals surface area contributed by atoms with E-state index in [1.807, 2.05) is 24.3 Å². The molecule has 1 aromatic carbocycles. The number of amides is 2. The first-order chi connectivity index (χ1) is 8.22. The number of benzene rings is 1. The molecule has 1 saturated heterocycles. The van der Waals surface area contributed by atoms with Gasteiger partial charge >= 0.3 is 0 Å². The Morgan fingerprint density at radius 3 is 2.53 bits per heavy atom. The van der Waals surface area contributed by atoms with Crippen molar-refractivity contribution < 1.29 is 14.3 Å². The molecule has 1 aromatic rings. The average Bonchev–Trinajstić information content (AvgIpc) is 2.34. The van der Waals surface area contributed by atoms with E-state index in [0.717, 1.165) is 5.56 Å². The van der Waals surface area contributed by atoms with Crippen molar-refractivity contribution in [1.29, 1.82) is 0 Å². The molecule has 2 rings (SSSR count). The van der Waals surface area contributed by atoms with Crippen molar-refractivity contribution in [2.45, 2.75) is 6.54 Å². The van der Waals surface area contributed by atoms with Gasteiger partial charge < -0.3 is 4.74 Å². The van der Waals surface area contributed by atoms with Gasteiger partial charge in [0.25, 0.3) is 0 Å². The van der Waals surface area contributed by atoms with Gasteiger partial charge in [-0.15, -0.1) is 0 Å². The zero-order valence-electron chi connectivity index (χ0n) is 9.60. The average molecular weight is 234 g/mol. The van der Waals surface area contributed by atoms with Gasteiger partial charge in [0.1, 0.15) is 5.75 Å². The van der Waals surface area contributed by atoms with Gasteiger partial charge in [0.15, 0.2) is 0 Å². The number of hydrogen-bond donors (Lipinski definition) is 1. The maximum atomic E-state index is 11.6. The Labute approximate surface area is 99.4 Å². The summed E-state index contributed by atoms with van der Waals surface area (Å²) in [7, 11) is 1.57. The highest BCUT2D eigenvalue weighted by atomic mass is 16.5. The number of carbonyl (C=O) groups excluding carboxylic acids is 2. The lowest BCUT2D eigenvalue weighted by atomic mass is 10.1. The number of nitrogens with zero attached hydrogens (tertiary/aromatic N) is 1. The van der Waals surface area contributed by atoms with Gasteiger partial charge in [-0.3, -0.25) is 19.8 Å². The fourth-order valence-corrected chi connectivity index (χ4v) is 1.79. The van der Waals surface area contributed by atoms with Gasteiger partial charge in [-0.25, -0.2) is 0 Å². The Morgan fingerprint density at radius 1 is 1.24 bits per heavy atom. The second-order valence-electron chi connectivity index (χ2n) is 3.79. The summed E-state index contributed by atoms with van der Waals surface area (Å²) in [5.41, 5.74) is 0.832. The van der Waals surface area contributed by atoms with Crippen molar-refractivity contribution in [3.63, 3.8) is 0 Å². The molecule has 0 aromatic heterocycles. The standard InChI is InChI=1S/C12H14N2O3/c1-17-10-5-3-2-4-9(10)8-14-11(15)6-13-7-12(14)16/h2-5,13H,6-8H2,1H3. The highest BCUT2D eigenvalue weighted by Gasteiger charge is 2.26. The molecule has 0 atom stereocenters. The lowest BCUT2D eigenvalue weighted by Gasteiger charge is -2.26. The van der Waals surface area contributed by atoms with E-state index in [9.17, 15) is 9.59 Å². The van der Waals surface area contributed by atoms with Crippen LogP contribution < -0.4 is 10.1 Å². The van der Waals surface area contributed by atoms with Crippen molar-refractivity contribution in [1.82, 2.24) is 10.2 Å². The molecule has 0 radical (unpaired) electrons. The third-order valence-corrected chi connectivity index (χ3v) is 2.68. The summed E-state index contributed by atoms with van der Waals surface area (Å²) in [6, 6.07) is 7.37. The zero-order chi connectivity index (χ0) is 12.3. The van der Waals surface area contributed by atoms with Gasteiger partial charge in [0, 0.05) is 5.56 Å². The number of imide groups is 1. The predicted molar refractivity (Wildman–Crippen MR) is 61.4 cm³/mol. The summed E-state index contributed by atoms with van der Waals surface area (Å²) >= 11 is 0. The third-order valence-electron chi connectivity index (χ3n) is 2.68. The molecule has 1 aliphatic rings. The van der Waals surface area contributed by atoms with Crippen LogP contribution in [0.1, 0.15) is 5.56 Å². The minimum Gasteiger partial charge on any atom is -0.496 e. The number of piperazine rings is 1. The summed E-state index contributed by atoms with van der Waals surface area (Å²) in [6.45, 7) is 0.686. The van der Waals surface area contributed by atoms with Crippen molar-refractivity contribution >= 4 is 11.8 Å². The minimum absolute atomic E-state index is 0.202. The molecule has 1 N–H and O–H groups in total. The highest BCUT2D eigenvalue weighted by molar-refractivity contribution is 5.99. The number of rotatable bonds is 3. The molecule has 2 amide bonds. The molecule has 0 spiro atoms. The predicted octanol–water partition coefficient (Wildman–Crippen LogP) is 0.154. The Kier molecular flexibility index (Phi) is 3.39. The van der Waals surface area contributed by atoms with Gasteiger partial charge in [0.05, 0.1) is 26.7 Å². The van der Waals surface area contributed by atoms with Gasteiger partial charge in [-0.2, -0.15) is 0 Å². The molecular formula is C12H14N2O3. The summed E-state index contributed by atoms with van der Waals surface area (Å²) < 4.78 is 5.19. The Bertz CT molecular complexity index is 429. The van der Waals surface area contributed by atoms with Crippen LogP contribution in [-0.4, -0.2) is 36.9 Å². The first kappa shape index (κ1) is 11.6. The molecule has 0 bridgehead atoms. The van der Waals surface area contributed by atoms with E-state index in [4.69, 9.17) is 4.74 Å². The lowest BCUT2D eigenvalue weighted by molar-refractivity contribution is -0.147. The first-order valence-electron chi connectivity index (χ1n) is 5.38. The van der Waals surface area contributed by atoms with E-state index in [-0.39, 0.29) is 31.4 Å². The van der Waals surface area contributed by atoms with Gasteiger partial charge in [-0.1, -0.05) is 18.2 Å². The van der Waals surface area contributed by atoms with Crippen molar-refractivity contribution in [3.8, 4) is 5.75 Å². The van der Waals surface area contributed by atoms with Crippen LogP contribution in [0.15, 0.2) is 24.3 Å². The molecule has 1 heterocycles. The number of ether oxygens (including phenoxy) is 1. The van der Waals surface area contributed by atoms with E-state index in [1.165, 1.54) is 4.90 Å². The zero-order valence-corrected chi connectivity index (χ0v) is 9.60. The smallest absolute Gasteiger partial charge is 0.243 e. The normalized spacial score (nSPS) is 16.2. The highest BCUT2D eigenvalue weighted by Crippen LogP contribution is 2.19. The minimum atomic E-state index is -0.202. The van der Waals surface area contributed by atoms with Crippen LogP contribution in [0.2, 0.25) is 0 Å². The molecule has 0 saturated carbocycles. The number of para-hydroxylation sites is 1. The topological polar surface area (TPSA) is 58.6 Å². The number of methoxy groups -OCH3 is 1. The largest absolute Gasteiger partial charge is 0.496 e. The van der Waals surface area contributed by atoms with E-state index < -0.39 is 0 Å². The summed E-state index contributed by atoms with van der Waals surface area (Å²) in [5.74, 6) is 0.283. The van der Waals surface area contributed by atoms with Gasteiger partial charge in [0.2, 0.25) is 11.8 Å². The fourth-order valence-electron chi connectivity index (χ4n) is 1.79. The van der Waals surface area contributed by atoms with E-state index in [2.05, 4.69) is 5.32 Å². The second-order valence-corrected chi connectivity index (χ2v) is 3.79. The Morgan fingerprint density at radius 2 is 1.88 bits per heavy atom.